The van der Waals surface area contributed by atoms with Crippen LogP contribution in [0.5, 0.6) is 11.5 Å². The number of aliphatic hydroxyl groups excluding tert-OH is 2. The number of alkyl carbamates (subject to hydrolysis) is 1. The van der Waals surface area contributed by atoms with Gasteiger partial charge in [0, 0.05) is 8.07 Å². The maximum absolute atomic E-state index is 12.3. The molecule has 0 radical (unpaired) electrons. The third-order valence-corrected chi connectivity index (χ3v) is 10.9. The monoisotopic (exact) mass is 742 g/mol. The lowest BCUT2D eigenvalue weighted by molar-refractivity contribution is -0.0942. The van der Waals surface area contributed by atoms with Gasteiger partial charge in [0.05, 0.1) is 40.3 Å². The molecule has 1 amide bonds. The standard InChI is InChI=1S/C38H46N6O8Si/c1-48-27-15-11-25(12-16-27)38(24-9-7-6-8-10-24,26-13-17-28(49-2)18-14-26)51-22-29-32(45)33(46)36(52-29)44-23-41-31-34(39)42-30(43-35(31)44)21-40-37(47)50-19-20-53(3,4)5/h6-18,23,29,32-33,36,45-46H,19-22H2,1-5H3,(H,40,47)(H2,39,42,43)/t29-,32-,33-,36-/m1/s1. The van der Waals surface area contributed by atoms with Crippen LogP contribution >= 0.6 is 0 Å². The van der Waals surface area contributed by atoms with E-state index in [0.29, 0.717) is 18.1 Å². The van der Waals surface area contributed by atoms with E-state index in [1.165, 1.54) is 10.9 Å². The zero-order valence-corrected chi connectivity index (χ0v) is 31.4. The summed E-state index contributed by atoms with van der Waals surface area (Å²) < 4.78 is 31.0. The number of carbonyl (C=O) groups is 1. The van der Waals surface area contributed by atoms with E-state index in [-0.39, 0.29) is 36.0 Å². The van der Waals surface area contributed by atoms with Crippen LogP contribution < -0.4 is 20.5 Å². The number of methoxy groups -OCH3 is 2. The fourth-order valence-electron chi connectivity index (χ4n) is 6.28. The average molecular weight is 743 g/mol. The van der Waals surface area contributed by atoms with Crippen LogP contribution in [0.4, 0.5) is 10.6 Å². The highest BCUT2D eigenvalue weighted by Gasteiger charge is 2.47. The van der Waals surface area contributed by atoms with Crippen LogP contribution in [0.2, 0.25) is 25.7 Å². The maximum atomic E-state index is 12.3. The largest absolute Gasteiger partial charge is 0.497 e. The summed E-state index contributed by atoms with van der Waals surface area (Å²) in [4.78, 5) is 25.5. The summed E-state index contributed by atoms with van der Waals surface area (Å²) in [5, 5.41) is 25.4. The van der Waals surface area contributed by atoms with Gasteiger partial charge < -0.3 is 44.9 Å². The molecule has 6 rings (SSSR count). The van der Waals surface area contributed by atoms with Crippen molar-refractivity contribution < 1.29 is 38.7 Å². The van der Waals surface area contributed by atoms with Crippen molar-refractivity contribution in [2.75, 3.05) is 33.2 Å². The smallest absolute Gasteiger partial charge is 0.407 e. The van der Waals surface area contributed by atoms with Crippen LogP contribution in [0.3, 0.4) is 0 Å². The number of fused-ring (bicyclic) bond motifs is 1. The van der Waals surface area contributed by atoms with E-state index >= 15 is 0 Å². The number of benzene rings is 3. The summed E-state index contributed by atoms with van der Waals surface area (Å²) >= 11 is 0. The second kappa shape index (κ2) is 15.9. The van der Waals surface area contributed by atoms with Gasteiger partial charge in [-0.15, -0.1) is 0 Å². The molecule has 1 aliphatic heterocycles. The number of aliphatic hydroxyl groups is 2. The Hall–Kier alpha value is -5.06. The van der Waals surface area contributed by atoms with Crippen molar-refractivity contribution in [3.8, 4) is 11.5 Å². The predicted molar refractivity (Wildman–Crippen MR) is 200 cm³/mol. The molecule has 0 bridgehead atoms. The minimum atomic E-state index is -1.38. The van der Waals surface area contributed by atoms with Crippen LogP contribution in [0.15, 0.2) is 85.2 Å². The molecule has 5 N–H and O–H groups in total. The fourth-order valence-corrected chi connectivity index (χ4v) is 7.00. The predicted octanol–water partition coefficient (Wildman–Crippen LogP) is 4.62. The molecule has 0 saturated carbocycles. The zero-order valence-electron chi connectivity index (χ0n) is 30.4. The van der Waals surface area contributed by atoms with E-state index in [1.807, 2.05) is 78.9 Å². The molecule has 4 atom stereocenters. The summed E-state index contributed by atoms with van der Waals surface area (Å²) in [5.41, 5.74) is 8.02. The molecule has 3 heterocycles. The molecule has 14 nitrogen and oxygen atoms in total. The number of ether oxygens (including phenoxy) is 5. The Bertz CT molecular complexity index is 1940. The summed E-state index contributed by atoms with van der Waals surface area (Å²) in [6, 6.07) is 25.7. The van der Waals surface area contributed by atoms with E-state index in [9.17, 15) is 15.0 Å². The molecule has 5 aromatic rings. The summed E-state index contributed by atoms with van der Waals surface area (Å²) in [6.45, 7) is 6.75. The third-order valence-electron chi connectivity index (χ3n) is 9.22. The van der Waals surface area contributed by atoms with Crippen LogP contribution in [-0.2, 0) is 26.4 Å². The summed E-state index contributed by atoms with van der Waals surface area (Å²) in [5.74, 6) is 1.65. The molecule has 1 fully saturated rings. The van der Waals surface area contributed by atoms with Gasteiger partial charge in [0.1, 0.15) is 40.9 Å². The quantitative estimate of drug-likeness (QED) is 0.0916. The van der Waals surface area contributed by atoms with Gasteiger partial charge in [-0.3, -0.25) is 4.57 Å². The zero-order chi connectivity index (χ0) is 37.8. The Balaban J connectivity index is 1.27. The molecule has 53 heavy (non-hydrogen) atoms. The van der Waals surface area contributed by atoms with Crippen LogP contribution in [0.25, 0.3) is 11.2 Å². The van der Waals surface area contributed by atoms with Gasteiger partial charge in [0.15, 0.2) is 23.5 Å². The van der Waals surface area contributed by atoms with Crippen molar-refractivity contribution in [2.24, 2.45) is 0 Å². The molecule has 0 unspecified atom stereocenters. The van der Waals surface area contributed by atoms with E-state index < -0.39 is 44.3 Å². The minimum absolute atomic E-state index is 0.0530. The van der Waals surface area contributed by atoms with Gasteiger partial charge in [-0.05, 0) is 47.0 Å². The number of carbonyl (C=O) groups excluding carboxylic acids is 1. The Morgan fingerprint density at radius 3 is 2.09 bits per heavy atom. The van der Waals surface area contributed by atoms with Crippen molar-refractivity contribution in [3.63, 3.8) is 0 Å². The number of nitrogen functional groups attached to an aromatic ring is 1. The Morgan fingerprint density at radius 2 is 1.51 bits per heavy atom. The Labute approximate surface area is 308 Å². The normalized spacial score (nSPS) is 18.9. The van der Waals surface area contributed by atoms with Crippen LogP contribution in [0.1, 0.15) is 28.7 Å². The summed E-state index contributed by atoms with van der Waals surface area (Å²) in [7, 11) is 1.84. The number of hydrogen-bond acceptors (Lipinski definition) is 12. The van der Waals surface area contributed by atoms with Gasteiger partial charge in [-0.25, -0.2) is 19.7 Å². The van der Waals surface area contributed by atoms with Crippen molar-refractivity contribution >= 4 is 31.1 Å². The first-order valence-corrected chi connectivity index (χ1v) is 21.0. The molecule has 0 aliphatic carbocycles. The first-order valence-electron chi connectivity index (χ1n) is 17.3. The first kappa shape index (κ1) is 37.7. The average Bonchev–Trinajstić information content (AvgIpc) is 3.71. The topological polar surface area (TPSA) is 185 Å². The van der Waals surface area contributed by atoms with E-state index in [2.05, 4.69) is 39.9 Å². The highest BCUT2D eigenvalue weighted by Crippen LogP contribution is 2.43. The second-order valence-corrected chi connectivity index (χ2v) is 19.6. The first-order chi connectivity index (χ1) is 25.4. The van der Waals surface area contributed by atoms with Crippen LogP contribution in [0, 0.1) is 0 Å². The van der Waals surface area contributed by atoms with Gasteiger partial charge in [-0.1, -0.05) is 74.2 Å². The minimum Gasteiger partial charge on any atom is -0.497 e. The number of imidazole rings is 1. The number of aromatic nitrogens is 4. The van der Waals surface area contributed by atoms with E-state index in [4.69, 9.17) is 29.4 Å². The van der Waals surface area contributed by atoms with Gasteiger partial charge in [-0.2, -0.15) is 0 Å². The molecule has 1 saturated heterocycles. The molecular formula is C38H46N6O8Si. The van der Waals surface area contributed by atoms with E-state index in [0.717, 1.165) is 22.7 Å². The molecule has 0 spiro atoms. The number of hydrogen-bond donors (Lipinski definition) is 4. The number of rotatable bonds is 14. The molecule has 280 valence electrons. The molecule has 1 aliphatic rings. The Kier molecular flexibility index (Phi) is 11.3. The Morgan fingerprint density at radius 1 is 0.906 bits per heavy atom. The third kappa shape index (κ3) is 8.14. The van der Waals surface area contributed by atoms with Gasteiger partial charge in [0.2, 0.25) is 0 Å². The van der Waals surface area contributed by atoms with Gasteiger partial charge >= 0.3 is 6.09 Å². The lowest BCUT2D eigenvalue weighted by Gasteiger charge is -2.37. The van der Waals surface area contributed by atoms with Crippen LogP contribution in [-0.4, -0.2) is 89.6 Å². The van der Waals surface area contributed by atoms with Crippen molar-refractivity contribution in [3.05, 3.63) is 108 Å². The number of nitrogens with two attached hydrogens (primary N) is 1. The number of anilines is 1. The van der Waals surface area contributed by atoms with Crippen molar-refractivity contribution in [2.45, 2.75) is 62.4 Å². The van der Waals surface area contributed by atoms with E-state index in [1.54, 1.807) is 14.2 Å². The fraction of sp³-hybridized carbons (Fsp3) is 0.368. The lowest BCUT2D eigenvalue weighted by atomic mass is 9.80. The number of nitrogens with one attached hydrogen (secondary N) is 1. The van der Waals surface area contributed by atoms with Crippen molar-refractivity contribution in [1.82, 2.24) is 24.8 Å². The molecule has 15 heteroatoms. The van der Waals surface area contributed by atoms with Crippen molar-refractivity contribution in [1.29, 1.82) is 0 Å². The summed E-state index contributed by atoms with van der Waals surface area (Å²) in [6.07, 6.45) is -3.96. The molecule has 2 aromatic heterocycles. The number of nitrogens with zero attached hydrogens (tertiary/aromatic N) is 4. The highest BCUT2D eigenvalue weighted by molar-refractivity contribution is 6.76. The maximum Gasteiger partial charge on any atom is 0.407 e. The SMILES string of the molecule is COc1ccc(C(OC[C@H]2O[C@@H](n3cnc4c(N)nc(CNC(=O)OCC[Si](C)(C)C)nc43)[C@H](O)[C@@H]2O)(c2ccccc2)c2ccc(OC)cc2)cc1. The molecule has 3 aromatic carbocycles. The second-order valence-electron chi connectivity index (χ2n) is 14.0. The number of amides is 1. The lowest BCUT2D eigenvalue weighted by Crippen LogP contribution is -2.39. The molecular weight excluding hydrogens is 697 g/mol. The highest BCUT2D eigenvalue weighted by atomic mass is 28.3. The van der Waals surface area contributed by atoms with Gasteiger partial charge in [0.25, 0.3) is 0 Å².